The van der Waals surface area contributed by atoms with Crippen molar-refractivity contribution in [3.63, 3.8) is 0 Å². The van der Waals surface area contributed by atoms with E-state index in [2.05, 4.69) is 110 Å². The van der Waals surface area contributed by atoms with Crippen LogP contribution in [0.3, 0.4) is 0 Å². The van der Waals surface area contributed by atoms with E-state index >= 15 is 0 Å². The van der Waals surface area contributed by atoms with Crippen LogP contribution in [-0.4, -0.2) is 0 Å². The van der Waals surface area contributed by atoms with Crippen molar-refractivity contribution in [1.29, 1.82) is 0 Å². The highest BCUT2D eigenvalue weighted by Gasteiger charge is 2.55. The molecule has 3 aliphatic rings. The van der Waals surface area contributed by atoms with E-state index in [1.807, 2.05) is 0 Å². The Morgan fingerprint density at radius 3 is 1.91 bits per heavy atom. The average molecular weight is 456 g/mol. The number of rotatable bonds is 4. The van der Waals surface area contributed by atoms with E-state index in [-0.39, 0.29) is 0 Å². The summed E-state index contributed by atoms with van der Waals surface area (Å²) in [5.41, 5.74) is 12.9. The van der Waals surface area contributed by atoms with Gasteiger partial charge in [0, 0.05) is 17.1 Å². The molecule has 0 aromatic heterocycles. The van der Waals surface area contributed by atoms with Gasteiger partial charge in [0.25, 0.3) is 0 Å². The highest BCUT2D eigenvalue weighted by atomic mass is 15.1. The summed E-state index contributed by atoms with van der Waals surface area (Å²) in [5, 5.41) is 0. The first-order chi connectivity index (χ1) is 17.1. The summed E-state index contributed by atoms with van der Waals surface area (Å²) in [6, 6.07) is 33.9. The van der Waals surface area contributed by atoms with Gasteiger partial charge in [0.15, 0.2) is 0 Å². The third kappa shape index (κ3) is 3.21. The zero-order valence-corrected chi connectivity index (χ0v) is 20.8. The molecule has 2 saturated carbocycles. The van der Waals surface area contributed by atoms with Crippen LogP contribution in [0, 0.1) is 19.3 Å². The molecule has 7 rings (SSSR count). The second kappa shape index (κ2) is 7.85. The van der Waals surface area contributed by atoms with Crippen LogP contribution in [0.1, 0.15) is 66.2 Å². The van der Waals surface area contributed by atoms with Crippen molar-refractivity contribution in [2.75, 3.05) is 4.90 Å². The van der Waals surface area contributed by atoms with Gasteiger partial charge in [0.2, 0.25) is 0 Å². The lowest BCUT2D eigenvalue weighted by Gasteiger charge is -2.51. The second-order valence-corrected chi connectivity index (χ2v) is 11.2. The number of hydrogen-bond acceptors (Lipinski definition) is 1. The summed E-state index contributed by atoms with van der Waals surface area (Å²) >= 11 is 0. The summed E-state index contributed by atoms with van der Waals surface area (Å²) in [6.07, 6.45) is 7.16. The lowest BCUT2D eigenvalue weighted by Crippen LogP contribution is -2.38. The smallest absolute Gasteiger partial charge is 0.0490 e. The lowest BCUT2D eigenvalue weighted by molar-refractivity contribution is 0.0879. The van der Waals surface area contributed by atoms with E-state index in [4.69, 9.17) is 0 Å². The predicted octanol–water partition coefficient (Wildman–Crippen LogP) is 9.59. The standard InChI is InChI=1S/C34H33N/c1-23-7-3-5-9-32(23)35(33-10-6-4-8-24(33)2)28-14-11-25(12-15-28)26-13-16-29-27-17-19-34(22-27)20-18-31(34)30(29)21-26/h3-16,21,27,31H,17-20,22H2,1-2H3. The maximum absolute atomic E-state index is 2.54. The normalized spacial score (nSPS) is 23.8. The van der Waals surface area contributed by atoms with Crippen molar-refractivity contribution in [1.82, 2.24) is 0 Å². The monoisotopic (exact) mass is 455 g/mol. The lowest BCUT2D eigenvalue weighted by atomic mass is 9.53. The fourth-order valence-electron chi connectivity index (χ4n) is 7.42. The van der Waals surface area contributed by atoms with Crippen molar-refractivity contribution in [2.45, 2.75) is 57.8 Å². The Morgan fingerprint density at radius 1 is 0.657 bits per heavy atom. The van der Waals surface area contributed by atoms with Crippen LogP contribution >= 0.6 is 0 Å². The summed E-state index contributed by atoms with van der Waals surface area (Å²) in [7, 11) is 0. The van der Waals surface area contributed by atoms with E-state index in [0.29, 0.717) is 5.41 Å². The Hall–Kier alpha value is -3.32. The minimum absolute atomic E-state index is 0.655. The van der Waals surface area contributed by atoms with Gasteiger partial charge < -0.3 is 4.90 Å². The summed E-state index contributed by atoms with van der Waals surface area (Å²) < 4.78 is 0. The number of hydrogen-bond donors (Lipinski definition) is 0. The number of aryl methyl sites for hydroxylation is 2. The summed E-state index contributed by atoms with van der Waals surface area (Å²) in [4.78, 5) is 2.40. The number of benzene rings is 4. The third-order valence-corrected chi connectivity index (χ3v) is 9.39. The molecular formula is C34H33N. The second-order valence-electron chi connectivity index (χ2n) is 11.2. The molecule has 1 nitrogen and oxygen atoms in total. The zero-order chi connectivity index (χ0) is 23.6. The van der Waals surface area contributed by atoms with Crippen molar-refractivity contribution < 1.29 is 0 Å². The predicted molar refractivity (Wildman–Crippen MR) is 147 cm³/mol. The number of fused-ring (bicyclic) bond motifs is 4. The van der Waals surface area contributed by atoms with Gasteiger partial charge in [-0.2, -0.15) is 0 Å². The highest BCUT2D eigenvalue weighted by molar-refractivity contribution is 5.81. The highest BCUT2D eigenvalue weighted by Crippen LogP contribution is 2.69. The topological polar surface area (TPSA) is 3.24 Å². The molecule has 174 valence electrons. The minimum atomic E-state index is 0.655. The van der Waals surface area contributed by atoms with E-state index in [9.17, 15) is 0 Å². The van der Waals surface area contributed by atoms with E-state index in [0.717, 1.165) is 11.8 Å². The van der Waals surface area contributed by atoms with Crippen molar-refractivity contribution in [3.05, 3.63) is 113 Å². The van der Waals surface area contributed by atoms with Crippen molar-refractivity contribution in [2.24, 2.45) is 5.41 Å². The Bertz CT molecular complexity index is 1370. The fourth-order valence-corrected chi connectivity index (χ4v) is 7.42. The van der Waals surface area contributed by atoms with E-state index in [1.54, 1.807) is 11.1 Å². The van der Waals surface area contributed by atoms with Gasteiger partial charge in [-0.15, -0.1) is 0 Å². The Morgan fingerprint density at radius 2 is 1.29 bits per heavy atom. The molecule has 0 aliphatic heterocycles. The molecule has 2 bridgehead atoms. The van der Waals surface area contributed by atoms with Gasteiger partial charge >= 0.3 is 0 Å². The van der Waals surface area contributed by atoms with Crippen LogP contribution in [0.15, 0.2) is 91.0 Å². The number of nitrogens with zero attached hydrogens (tertiary/aromatic N) is 1. The van der Waals surface area contributed by atoms with Crippen LogP contribution < -0.4 is 4.90 Å². The molecule has 3 atom stereocenters. The molecule has 1 spiro atoms. The van der Waals surface area contributed by atoms with Crippen LogP contribution in [0.4, 0.5) is 17.1 Å². The molecule has 1 heteroatoms. The van der Waals surface area contributed by atoms with E-state index in [1.165, 1.54) is 71.4 Å². The minimum Gasteiger partial charge on any atom is -0.310 e. The maximum atomic E-state index is 2.54. The first kappa shape index (κ1) is 21.0. The van der Waals surface area contributed by atoms with Gasteiger partial charge in [-0.05, 0) is 121 Å². The molecule has 3 aliphatic carbocycles. The Labute approximate surface area is 209 Å². The Kier molecular flexibility index (Phi) is 4.71. The molecule has 0 saturated heterocycles. The number of para-hydroxylation sites is 2. The molecule has 3 unspecified atom stereocenters. The van der Waals surface area contributed by atoms with Gasteiger partial charge in [-0.25, -0.2) is 0 Å². The van der Waals surface area contributed by atoms with Crippen LogP contribution in [0.5, 0.6) is 0 Å². The molecule has 0 heterocycles. The average Bonchev–Trinajstić information content (AvgIpc) is 3.31. The molecule has 4 aromatic carbocycles. The van der Waals surface area contributed by atoms with Gasteiger partial charge in [-0.3, -0.25) is 0 Å². The molecule has 35 heavy (non-hydrogen) atoms. The van der Waals surface area contributed by atoms with Crippen LogP contribution in [0.25, 0.3) is 11.1 Å². The zero-order valence-electron chi connectivity index (χ0n) is 20.8. The third-order valence-electron chi connectivity index (χ3n) is 9.39. The quantitative estimate of drug-likeness (QED) is 0.296. The number of anilines is 3. The Balaban J connectivity index is 1.27. The van der Waals surface area contributed by atoms with Gasteiger partial charge in [0.05, 0.1) is 0 Å². The first-order valence-corrected chi connectivity index (χ1v) is 13.3. The van der Waals surface area contributed by atoms with Gasteiger partial charge in [-0.1, -0.05) is 66.7 Å². The van der Waals surface area contributed by atoms with E-state index < -0.39 is 0 Å². The SMILES string of the molecule is Cc1ccccc1N(c1ccc(-c2ccc3c(c2)C2CCC24CCC3C4)cc1)c1ccccc1C. The molecule has 0 amide bonds. The molecule has 4 aromatic rings. The molecule has 0 N–H and O–H groups in total. The summed E-state index contributed by atoms with van der Waals surface area (Å²) in [6.45, 7) is 4.39. The fraction of sp³-hybridized carbons (Fsp3) is 0.294. The largest absolute Gasteiger partial charge is 0.310 e. The first-order valence-electron chi connectivity index (χ1n) is 13.3. The summed E-state index contributed by atoms with van der Waals surface area (Å²) in [5.74, 6) is 1.63. The molecule has 0 radical (unpaired) electrons. The van der Waals surface area contributed by atoms with Gasteiger partial charge in [0.1, 0.15) is 0 Å². The maximum Gasteiger partial charge on any atom is 0.0490 e. The van der Waals surface area contributed by atoms with Crippen LogP contribution in [0.2, 0.25) is 0 Å². The molecular weight excluding hydrogens is 422 g/mol. The van der Waals surface area contributed by atoms with Crippen molar-refractivity contribution >= 4 is 17.1 Å². The molecule has 2 fully saturated rings. The van der Waals surface area contributed by atoms with Crippen LogP contribution in [-0.2, 0) is 0 Å². The van der Waals surface area contributed by atoms with Crippen molar-refractivity contribution in [3.8, 4) is 11.1 Å².